The molecule has 0 unspecified atom stereocenters. The molecule has 0 aliphatic carbocycles. The summed E-state index contributed by atoms with van der Waals surface area (Å²) in [6.45, 7) is 0.405. The van der Waals surface area contributed by atoms with Crippen LogP contribution in [0, 0.1) is 0 Å². The maximum Gasteiger partial charge on any atom is 0.241 e. The van der Waals surface area contributed by atoms with E-state index in [2.05, 4.69) is 0 Å². The number of carbonyl (C=O) groups excluding carboxylic acids is 1. The fourth-order valence-electron chi connectivity index (χ4n) is 1.71. The van der Waals surface area contributed by atoms with E-state index in [1.54, 1.807) is 6.08 Å². The number of rotatable bonds is 5. The van der Waals surface area contributed by atoms with Crippen LogP contribution in [-0.2, 0) is 11.4 Å². The molecule has 2 rings (SSSR count). The van der Waals surface area contributed by atoms with Gasteiger partial charge in [-0.05, 0) is 29.8 Å². The summed E-state index contributed by atoms with van der Waals surface area (Å²) in [4.78, 5) is 10.8. The predicted molar refractivity (Wildman–Crippen MR) is 80.5 cm³/mol. The smallest absolute Gasteiger partial charge is 0.241 e. The monoisotopic (exact) mass is 287 g/mol. The van der Waals surface area contributed by atoms with Crippen LogP contribution in [-0.4, -0.2) is 5.91 Å². The average Bonchev–Trinajstić information content (AvgIpc) is 2.44. The number of amides is 1. The minimum Gasteiger partial charge on any atom is -0.488 e. The SMILES string of the molecule is NC(=O)/C=C/c1ccccc1OCc1cccc(Cl)c1. The van der Waals surface area contributed by atoms with Crippen molar-refractivity contribution >= 4 is 23.6 Å². The molecular formula is C16H14ClNO2. The number of para-hydroxylation sites is 1. The first-order valence-electron chi connectivity index (χ1n) is 6.09. The quantitative estimate of drug-likeness (QED) is 0.857. The van der Waals surface area contributed by atoms with Crippen molar-refractivity contribution in [2.24, 2.45) is 5.73 Å². The van der Waals surface area contributed by atoms with Gasteiger partial charge in [0.15, 0.2) is 0 Å². The molecule has 0 atom stereocenters. The average molecular weight is 288 g/mol. The second-order valence-electron chi connectivity index (χ2n) is 4.19. The Bertz CT molecular complexity index is 638. The number of ether oxygens (including phenoxy) is 1. The molecule has 2 N–H and O–H groups in total. The fourth-order valence-corrected chi connectivity index (χ4v) is 1.92. The van der Waals surface area contributed by atoms with Crippen LogP contribution in [0.4, 0.5) is 0 Å². The van der Waals surface area contributed by atoms with Crippen molar-refractivity contribution in [3.05, 3.63) is 70.8 Å². The lowest BCUT2D eigenvalue weighted by atomic mass is 10.2. The number of hydrogen-bond donors (Lipinski definition) is 1. The summed E-state index contributed by atoms with van der Waals surface area (Å²) in [5.74, 6) is 0.194. The summed E-state index contributed by atoms with van der Waals surface area (Å²) < 4.78 is 5.75. The van der Waals surface area contributed by atoms with Crippen molar-refractivity contribution < 1.29 is 9.53 Å². The first kappa shape index (κ1) is 14.2. The summed E-state index contributed by atoms with van der Waals surface area (Å²) in [6, 6.07) is 14.9. The number of benzene rings is 2. The lowest BCUT2D eigenvalue weighted by Gasteiger charge is -2.09. The van der Waals surface area contributed by atoms with E-state index in [9.17, 15) is 4.79 Å². The molecule has 0 saturated heterocycles. The summed E-state index contributed by atoms with van der Waals surface area (Å²) in [7, 11) is 0. The number of hydrogen-bond acceptors (Lipinski definition) is 2. The summed E-state index contributed by atoms with van der Waals surface area (Å²) in [5.41, 5.74) is 6.87. The minimum atomic E-state index is -0.491. The lowest BCUT2D eigenvalue weighted by Crippen LogP contribution is -2.05. The van der Waals surface area contributed by atoms with Crippen molar-refractivity contribution in [2.45, 2.75) is 6.61 Å². The standard InChI is InChI=1S/C16H14ClNO2/c17-14-6-3-4-12(10-14)11-20-15-7-2-1-5-13(15)8-9-16(18)19/h1-10H,11H2,(H2,18,19)/b9-8+. The van der Waals surface area contributed by atoms with Gasteiger partial charge in [-0.25, -0.2) is 0 Å². The largest absolute Gasteiger partial charge is 0.488 e. The minimum absolute atomic E-state index is 0.405. The predicted octanol–water partition coefficient (Wildman–Crippen LogP) is 3.42. The Morgan fingerprint density at radius 3 is 2.75 bits per heavy atom. The molecule has 102 valence electrons. The Kier molecular flexibility index (Phi) is 4.80. The van der Waals surface area contributed by atoms with E-state index in [0.717, 1.165) is 11.1 Å². The molecule has 2 aromatic rings. The molecule has 0 heterocycles. The van der Waals surface area contributed by atoms with E-state index in [-0.39, 0.29) is 0 Å². The van der Waals surface area contributed by atoms with Gasteiger partial charge in [-0.2, -0.15) is 0 Å². The molecule has 0 spiro atoms. The van der Waals surface area contributed by atoms with Crippen LogP contribution in [0.2, 0.25) is 5.02 Å². The third-order valence-electron chi connectivity index (χ3n) is 2.63. The van der Waals surface area contributed by atoms with Crippen LogP contribution in [0.5, 0.6) is 5.75 Å². The molecule has 3 nitrogen and oxygen atoms in total. The Labute approximate surface area is 122 Å². The van der Waals surface area contributed by atoms with E-state index in [0.29, 0.717) is 17.4 Å². The zero-order chi connectivity index (χ0) is 14.4. The first-order valence-corrected chi connectivity index (χ1v) is 6.47. The Morgan fingerprint density at radius 2 is 2.00 bits per heavy atom. The van der Waals surface area contributed by atoms with Gasteiger partial charge in [-0.15, -0.1) is 0 Å². The fraction of sp³-hybridized carbons (Fsp3) is 0.0625. The van der Waals surface area contributed by atoms with Gasteiger partial charge in [0.25, 0.3) is 0 Å². The highest BCUT2D eigenvalue weighted by atomic mass is 35.5. The molecule has 0 bridgehead atoms. The number of primary amides is 1. The van der Waals surface area contributed by atoms with E-state index < -0.39 is 5.91 Å². The zero-order valence-electron chi connectivity index (χ0n) is 10.8. The topological polar surface area (TPSA) is 52.3 Å². The Hall–Kier alpha value is -2.26. The van der Waals surface area contributed by atoms with Crippen LogP contribution in [0.15, 0.2) is 54.6 Å². The third-order valence-corrected chi connectivity index (χ3v) is 2.86. The Morgan fingerprint density at radius 1 is 1.20 bits per heavy atom. The molecule has 0 aliphatic heterocycles. The molecule has 0 radical (unpaired) electrons. The second kappa shape index (κ2) is 6.78. The van der Waals surface area contributed by atoms with Crippen LogP contribution in [0.1, 0.15) is 11.1 Å². The van der Waals surface area contributed by atoms with E-state index in [4.69, 9.17) is 22.1 Å². The van der Waals surface area contributed by atoms with Crippen LogP contribution in [0.3, 0.4) is 0 Å². The maximum absolute atomic E-state index is 10.8. The molecule has 0 aliphatic rings. The second-order valence-corrected chi connectivity index (χ2v) is 4.63. The van der Waals surface area contributed by atoms with Gasteiger partial charge in [0, 0.05) is 16.7 Å². The molecule has 0 fully saturated rings. The zero-order valence-corrected chi connectivity index (χ0v) is 11.5. The van der Waals surface area contributed by atoms with Gasteiger partial charge < -0.3 is 10.5 Å². The molecule has 4 heteroatoms. The number of nitrogens with two attached hydrogens (primary N) is 1. The highest BCUT2D eigenvalue weighted by molar-refractivity contribution is 6.30. The molecular weight excluding hydrogens is 274 g/mol. The van der Waals surface area contributed by atoms with Crippen molar-refractivity contribution in [3.63, 3.8) is 0 Å². The van der Waals surface area contributed by atoms with Gasteiger partial charge >= 0.3 is 0 Å². The number of halogens is 1. The highest BCUT2D eigenvalue weighted by Gasteiger charge is 2.01. The Balaban J connectivity index is 2.11. The van der Waals surface area contributed by atoms with Crippen LogP contribution < -0.4 is 10.5 Å². The van der Waals surface area contributed by atoms with Crippen LogP contribution in [0.25, 0.3) is 6.08 Å². The highest BCUT2D eigenvalue weighted by Crippen LogP contribution is 2.21. The van der Waals surface area contributed by atoms with Crippen molar-refractivity contribution in [2.75, 3.05) is 0 Å². The maximum atomic E-state index is 10.8. The van der Waals surface area contributed by atoms with Crippen molar-refractivity contribution in [1.29, 1.82) is 0 Å². The van der Waals surface area contributed by atoms with Crippen molar-refractivity contribution in [1.82, 2.24) is 0 Å². The third kappa shape index (κ3) is 4.14. The van der Waals surface area contributed by atoms with Crippen molar-refractivity contribution in [3.8, 4) is 5.75 Å². The number of carbonyl (C=O) groups is 1. The van der Waals surface area contributed by atoms with Gasteiger partial charge in [-0.1, -0.05) is 41.9 Å². The van der Waals surface area contributed by atoms with E-state index in [1.165, 1.54) is 6.08 Å². The molecule has 2 aromatic carbocycles. The first-order chi connectivity index (χ1) is 9.65. The van der Waals surface area contributed by atoms with E-state index in [1.807, 2.05) is 48.5 Å². The van der Waals surface area contributed by atoms with Gasteiger partial charge in [0.1, 0.15) is 12.4 Å². The molecule has 0 saturated carbocycles. The summed E-state index contributed by atoms with van der Waals surface area (Å²) in [6.07, 6.45) is 2.94. The van der Waals surface area contributed by atoms with Gasteiger partial charge in [-0.3, -0.25) is 4.79 Å². The van der Waals surface area contributed by atoms with Gasteiger partial charge in [0.2, 0.25) is 5.91 Å². The normalized spacial score (nSPS) is 10.7. The molecule has 0 aromatic heterocycles. The molecule has 20 heavy (non-hydrogen) atoms. The van der Waals surface area contributed by atoms with Crippen LogP contribution >= 0.6 is 11.6 Å². The molecule has 1 amide bonds. The van der Waals surface area contributed by atoms with Gasteiger partial charge in [0.05, 0.1) is 0 Å². The summed E-state index contributed by atoms with van der Waals surface area (Å²) >= 11 is 5.92. The lowest BCUT2D eigenvalue weighted by molar-refractivity contribution is -0.113. The summed E-state index contributed by atoms with van der Waals surface area (Å²) in [5, 5.41) is 0.674. The van der Waals surface area contributed by atoms with E-state index >= 15 is 0 Å².